The first-order valence-electron chi connectivity index (χ1n) is 14.7. The Morgan fingerprint density at radius 3 is 2.42 bits per heavy atom. The third-order valence-corrected chi connectivity index (χ3v) is 8.38. The summed E-state index contributed by atoms with van der Waals surface area (Å²) in [6.45, 7) is 17.0. The third-order valence-electron chi connectivity index (χ3n) is 7.94. The molecule has 1 aromatic carbocycles. The highest BCUT2D eigenvalue weighted by Crippen LogP contribution is 2.31. The van der Waals surface area contributed by atoms with Crippen LogP contribution in [-0.2, 0) is 11.3 Å². The number of carbonyl (C=O) groups excluding carboxylic acids is 1. The van der Waals surface area contributed by atoms with Crippen LogP contribution in [0.15, 0.2) is 48.7 Å². The molecule has 0 aliphatic carbocycles. The van der Waals surface area contributed by atoms with Crippen molar-refractivity contribution in [1.29, 1.82) is 0 Å². The Hall–Kier alpha value is -3.42. The normalized spacial score (nSPS) is 16.6. The fourth-order valence-electron chi connectivity index (χ4n) is 5.58. The van der Waals surface area contributed by atoms with E-state index in [-0.39, 0.29) is 5.91 Å². The molecule has 0 atom stereocenters. The second-order valence-electron chi connectivity index (χ2n) is 11.2. The molecular formula is C32H37Cl2N7O2. The highest BCUT2D eigenvalue weighted by molar-refractivity contribution is 6.35. The standard InChI is InChI=1S/C32H37Cl2N7O2/c1-23(42)36-20-24-5-8-40(9-6-24)22-25-15-30(26-17-27(33)19-28(34)18-26)38-32(16-25)43-29-3-4-31(37-21-29)41-13-11-39(12-14-41)10-7-35-2/h3-4,15-19,21,24H,5-14,20,22H2,1H3,(H,36,42). The Balaban J connectivity index is 1.28. The zero-order valence-corrected chi connectivity index (χ0v) is 25.9. The van der Waals surface area contributed by atoms with Crippen LogP contribution in [0.1, 0.15) is 25.3 Å². The number of aromatic nitrogens is 2. The van der Waals surface area contributed by atoms with E-state index in [0.29, 0.717) is 34.1 Å². The van der Waals surface area contributed by atoms with Crippen LogP contribution < -0.4 is 15.0 Å². The molecule has 0 saturated carbocycles. The van der Waals surface area contributed by atoms with Crippen molar-refractivity contribution in [3.8, 4) is 22.9 Å². The maximum atomic E-state index is 11.3. The fraction of sp³-hybridized carbons (Fsp3) is 0.438. The van der Waals surface area contributed by atoms with Crippen molar-refractivity contribution in [2.24, 2.45) is 5.92 Å². The van der Waals surface area contributed by atoms with Crippen LogP contribution in [0.2, 0.25) is 10.0 Å². The summed E-state index contributed by atoms with van der Waals surface area (Å²) in [4.78, 5) is 31.3. The van der Waals surface area contributed by atoms with Gasteiger partial charge in [-0.1, -0.05) is 23.2 Å². The number of hydrogen-bond acceptors (Lipinski definition) is 7. The topological polar surface area (TPSA) is 78.2 Å². The number of amides is 1. The average Bonchev–Trinajstić information content (AvgIpc) is 3.00. The molecule has 2 aliphatic heterocycles. The van der Waals surface area contributed by atoms with Crippen molar-refractivity contribution in [2.75, 3.05) is 63.8 Å². The lowest BCUT2D eigenvalue weighted by Gasteiger charge is -2.34. The second-order valence-corrected chi connectivity index (χ2v) is 12.1. The molecule has 0 radical (unpaired) electrons. The van der Waals surface area contributed by atoms with Crippen LogP contribution in [0.5, 0.6) is 11.6 Å². The predicted octanol–water partition coefficient (Wildman–Crippen LogP) is 5.63. The molecule has 1 amide bonds. The molecule has 2 saturated heterocycles. The van der Waals surface area contributed by atoms with Crippen molar-refractivity contribution >= 4 is 34.9 Å². The van der Waals surface area contributed by atoms with Gasteiger partial charge >= 0.3 is 0 Å². The van der Waals surface area contributed by atoms with Crippen LogP contribution in [-0.4, -0.2) is 84.6 Å². The SMILES string of the molecule is [C-]#[N+]CCN1CCN(c2ccc(Oc3cc(CN4CCC(CNC(C)=O)CC4)cc(-c4cc(Cl)cc(Cl)c4)n3)cn2)CC1. The van der Waals surface area contributed by atoms with Crippen molar-refractivity contribution in [3.05, 3.63) is 75.7 Å². The number of likely N-dealkylation sites (tertiary alicyclic amines) is 1. The first kappa shape index (κ1) is 31.0. The largest absolute Gasteiger partial charge is 0.437 e. The Labute approximate surface area is 263 Å². The number of rotatable bonds is 10. The van der Waals surface area contributed by atoms with E-state index in [9.17, 15) is 4.79 Å². The van der Waals surface area contributed by atoms with Crippen LogP contribution in [0.4, 0.5) is 5.82 Å². The van der Waals surface area contributed by atoms with Gasteiger partial charge in [-0.25, -0.2) is 16.5 Å². The molecule has 43 heavy (non-hydrogen) atoms. The monoisotopic (exact) mass is 621 g/mol. The van der Waals surface area contributed by atoms with Crippen molar-refractivity contribution in [1.82, 2.24) is 25.1 Å². The summed E-state index contributed by atoms with van der Waals surface area (Å²) in [5.74, 6) is 2.53. The number of anilines is 1. The van der Waals surface area contributed by atoms with Crippen LogP contribution >= 0.6 is 23.2 Å². The van der Waals surface area contributed by atoms with Gasteiger partial charge in [-0.3, -0.25) is 14.6 Å². The summed E-state index contributed by atoms with van der Waals surface area (Å²) >= 11 is 12.7. The predicted molar refractivity (Wildman–Crippen MR) is 171 cm³/mol. The van der Waals surface area contributed by atoms with Gasteiger partial charge in [0.25, 0.3) is 0 Å². The maximum absolute atomic E-state index is 11.3. The number of piperidine rings is 1. The van der Waals surface area contributed by atoms with E-state index in [1.54, 1.807) is 19.2 Å². The second kappa shape index (κ2) is 14.8. The Morgan fingerprint density at radius 2 is 1.77 bits per heavy atom. The smallest absolute Gasteiger partial charge is 0.227 e. The highest BCUT2D eigenvalue weighted by atomic mass is 35.5. The minimum Gasteiger partial charge on any atom is -0.437 e. The highest BCUT2D eigenvalue weighted by Gasteiger charge is 2.21. The number of hydrogen-bond donors (Lipinski definition) is 1. The van der Waals surface area contributed by atoms with Gasteiger partial charge in [0.2, 0.25) is 18.3 Å². The molecule has 226 valence electrons. The van der Waals surface area contributed by atoms with Gasteiger partial charge in [-0.15, -0.1) is 0 Å². The van der Waals surface area contributed by atoms with Gasteiger partial charge < -0.3 is 19.8 Å². The van der Waals surface area contributed by atoms with Gasteiger partial charge in [-0.05, 0) is 73.8 Å². The number of carbonyl (C=O) groups is 1. The van der Waals surface area contributed by atoms with E-state index in [4.69, 9.17) is 39.5 Å². The number of nitrogens with one attached hydrogen (secondary N) is 1. The van der Waals surface area contributed by atoms with Crippen molar-refractivity contribution in [3.63, 3.8) is 0 Å². The number of nitrogens with zero attached hydrogens (tertiary/aromatic N) is 6. The average molecular weight is 623 g/mol. The summed E-state index contributed by atoms with van der Waals surface area (Å²) in [7, 11) is 0. The molecular weight excluding hydrogens is 585 g/mol. The molecule has 2 aromatic heterocycles. The van der Waals surface area contributed by atoms with Gasteiger partial charge in [0, 0.05) is 67.9 Å². The fourth-order valence-corrected chi connectivity index (χ4v) is 6.11. The summed E-state index contributed by atoms with van der Waals surface area (Å²) in [6.07, 6.45) is 3.82. The maximum Gasteiger partial charge on any atom is 0.227 e. The van der Waals surface area contributed by atoms with E-state index in [1.165, 1.54) is 0 Å². The zero-order valence-electron chi connectivity index (χ0n) is 24.4. The van der Waals surface area contributed by atoms with Crippen molar-refractivity contribution in [2.45, 2.75) is 26.3 Å². The van der Waals surface area contributed by atoms with E-state index in [0.717, 1.165) is 94.4 Å². The molecule has 0 bridgehead atoms. The molecule has 3 aromatic rings. The van der Waals surface area contributed by atoms with Gasteiger partial charge in [0.1, 0.15) is 11.6 Å². The third kappa shape index (κ3) is 9.04. The molecule has 2 aliphatic rings. The minimum atomic E-state index is 0.0252. The first-order valence-corrected chi connectivity index (χ1v) is 15.5. The van der Waals surface area contributed by atoms with Gasteiger partial charge in [0.15, 0.2) is 0 Å². The minimum absolute atomic E-state index is 0.0252. The molecule has 9 nitrogen and oxygen atoms in total. The number of pyridine rings is 2. The van der Waals surface area contributed by atoms with Gasteiger partial charge in [-0.2, -0.15) is 0 Å². The van der Waals surface area contributed by atoms with E-state index in [1.807, 2.05) is 30.3 Å². The molecule has 5 rings (SSSR count). The number of benzene rings is 1. The molecule has 2 fully saturated rings. The van der Waals surface area contributed by atoms with Gasteiger partial charge in [0.05, 0.1) is 18.4 Å². The molecule has 0 spiro atoms. The van der Waals surface area contributed by atoms with E-state index < -0.39 is 0 Å². The summed E-state index contributed by atoms with van der Waals surface area (Å²) in [5.41, 5.74) is 2.64. The molecule has 4 heterocycles. The number of piperazine rings is 1. The van der Waals surface area contributed by atoms with Crippen LogP contribution in [0, 0.1) is 12.5 Å². The lowest BCUT2D eigenvalue weighted by atomic mass is 9.96. The van der Waals surface area contributed by atoms with Crippen LogP contribution in [0.3, 0.4) is 0 Å². The summed E-state index contributed by atoms with van der Waals surface area (Å²) < 4.78 is 6.25. The van der Waals surface area contributed by atoms with Crippen molar-refractivity contribution < 1.29 is 9.53 Å². The van der Waals surface area contributed by atoms with E-state index in [2.05, 4.69) is 35.9 Å². The van der Waals surface area contributed by atoms with Crippen LogP contribution in [0.25, 0.3) is 16.1 Å². The lowest BCUT2D eigenvalue weighted by Crippen LogP contribution is -2.47. The number of halogens is 2. The summed E-state index contributed by atoms with van der Waals surface area (Å²) in [6, 6.07) is 13.4. The molecule has 1 N–H and O–H groups in total. The Bertz CT molecular complexity index is 1410. The Kier molecular flexibility index (Phi) is 10.7. The first-order chi connectivity index (χ1) is 20.8. The number of ether oxygens (including phenoxy) is 1. The summed E-state index contributed by atoms with van der Waals surface area (Å²) in [5, 5.41) is 4.05. The lowest BCUT2D eigenvalue weighted by molar-refractivity contribution is -0.119. The molecule has 0 unspecified atom stereocenters. The zero-order chi connectivity index (χ0) is 30.2. The quantitative estimate of drug-likeness (QED) is 0.294. The Morgan fingerprint density at radius 1 is 1.02 bits per heavy atom. The molecule has 11 heteroatoms. The van der Waals surface area contributed by atoms with E-state index >= 15 is 0 Å².